The summed E-state index contributed by atoms with van der Waals surface area (Å²) in [6.45, 7) is 6.83. The second kappa shape index (κ2) is 5.28. The molecule has 9 heavy (non-hydrogen) atoms. The van der Waals surface area contributed by atoms with Gasteiger partial charge in [0.1, 0.15) is 0 Å². The van der Waals surface area contributed by atoms with Gasteiger partial charge in [-0.15, -0.1) is 0 Å². The number of alkyl halides is 1. The van der Waals surface area contributed by atoms with Crippen molar-refractivity contribution in [2.24, 2.45) is 11.8 Å². The van der Waals surface area contributed by atoms with Gasteiger partial charge in [0.15, 0.2) is 0 Å². The minimum atomic E-state index is 0.837. The van der Waals surface area contributed by atoms with E-state index in [4.69, 9.17) is 0 Å². The van der Waals surface area contributed by atoms with E-state index in [0.717, 1.165) is 11.8 Å². The summed E-state index contributed by atoms with van der Waals surface area (Å²) < 4.78 is 0. The van der Waals surface area contributed by atoms with E-state index in [2.05, 4.69) is 36.7 Å². The summed E-state index contributed by atoms with van der Waals surface area (Å²) in [5, 5.41) is 1.17. The molecule has 0 aliphatic carbocycles. The first-order chi connectivity index (χ1) is 4.22. The third kappa shape index (κ3) is 3.96. The molecule has 0 fully saturated rings. The van der Waals surface area contributed by atoms with Gasteiger partial charge in [-0.1, -0.05) is 43.1 Å². The molecule has 1 atom stereocenters. The molecule has 0 amide bonds. The van der Waals surface area contributed by atoms with Crippen molar-refractivity contribution in [3.05, 3.63) is 0 Å². The summed E-state index contributed by atoms with van der Waals surface area (Å²) >= 11 is 3.52. The van der Waals surface area contributed by atoms with E-state index in [-0.39, 0.29) is 0 Å². The lowest BCUT2D eigenvalue weighted by Gasteiger charge is -2.16. The summed E-state index contributed by atoms with van der Waals surface area (Å²) in [5.41, 5.74) is 0. The lowest BCUT2D eigenvalue weighted by atomic mass is 9.94. The minimum absolute atomic E-state index is 0.837. The molecule has 0 saturated heterocycles. The number of halogens is 1. The maximum Gasteiger partial charge on any atom is 0.00621 e. The molecule has 0 aromatic carbocycles. The van der Waals surface area contributed by atoms with Crippen molar-refractivity contribution < 1.29 is 0 Å². The summed E-state index contributed by atoms with van der Waals surface area (Å²) in [4.78, 5) is 0. The Kier molecular flexibility index (Phi) is 5.56. The standard InChI is InChI=1S/C8H17Br/c1-4-5-8(6-9)7(2)3/h7-8H,4-6H2,1-3H3. The van der Waals surface area contributed by atoms with Gasteiger partial charge >= 0.3 is 0 Å². The SMILES string of the molecule is CCCC(CBr)C(C)C. The van der Waals surface area contributed by atoms with Crippen LogP contribution in [-0.2, 0) is 0 Å². The molecule has 0 saturated carbocycles. The fraction of sp³-hybridized carbons (Fsp3) is 1.00. The maximum absolute atomic E-state index is 3.52. The molecule has 0 N–H and O–H groups in total. The molecule has 0 bridgehead atoms. The van der Waals surface area contributed by atoms with Crippen LogP contribution < -0.4 is 0 Å². The molecule has 0 rings (SSSR count). The van der Waals surface area contributed by atoms with Gasteiger partial charge in [0.2, 0.25) is 0 Å². The highest BCUT2D eigenvalue weighted by Gasteiger charge is 2.09. The van der Waals surface area contributed by atoms with Crippen LogP contribution >= 0.6 is 15.9 Å². The molecule has 0 heterocycles. The molecule has 0 aromatic heterocycles. The van der Waals surface area contributed by atoms with Crippen molar-refractivity contribution in [1.29, 1.82) is 0 Å². The lowest BCUT2D eigenvalue weighted by Crippen LogP contribution is -2.09. The second-order valence-electron chi connectivity index (χ2n) is 2.95. The topological polar surface area (TPSA) is 0 Å². The Labute approximate surface area is 67.2 Å². The molecule has 1 unspecified atom stereocenters. The van der Waals surface area contributed by atoms with Crippen LogP contribution in [0.15, 0.2) is 0 Å². The molecule has 0 aliphatic rings. The van der Waals surface area contributed by atoms with Gasteiger partial charge in [0.05, 0.1) is 0 Å². The largest absolute Gasteiger partial charge is 0.0925 e. The van der Waals surface area contributed by atoms with Crippen molar-refractivity contribution in [3.63, 3.8) is 0 Å². The van der Waals surface area contributed by atoms with E-state index in [1.165, 1.54) is 18.2 Å². The van der Waals surface area contributed by atoms with Crippen LogP contribution in [0.2, 0.25) is 0 Å². The van der Waals surface area contributed by atoms with Crippen LogP contribution in [0.25, 0.3) is 0 Å². The van der Waals surface area contributed by atoms with Crippen LogP contribution in [0.3, 0.4) is 0 Å². The van der Waals surface area contributed by atoms with Crippen molar-refractivity contribution in [1.82, 2.24) is 0 Å². The number of hydrogen-bond acceptors (Lipinski definition) is 0. The monoisotopic (exact) mass is 192 g/mol. The van der Waals surface area contributed by atoms with Crippen LogP contribution in [0.1, 0.15) is 33.6 Å². The Balaban J connectivity index is 3.41. The zero-order valence-electron chi connectivity index (χ0n) is 6.65. The normalized spacial score (nSPS) is 14.3. The first kappa shape index (κ1) is 9.48. The second-order valence-corrected chi connectivity index (χ2v) is 3.59. The minimum Gasteiger partial charge on any atom is -0.0925 e. The molecule has 0 spiro atoms. The Morgan fingerprint density at radius 2 is 1.89 bits per heavy atom. The predicted octanol–water partition coefficient (Wildman–Crippen LogP) is 3.45. The van der Waals surface area contributed by atoms with E-state index < -0.39 is 0 Å². The zero-order chi connectivity index (χ0) is 7.28. The molecule has 0 aromatic rings. The van der Waals surface area contributed by atoms with E-state index in [0.29, 0.717) is 0 Å². The summed E-state index contributed by atoms with van der Waals surface area (Å²) in [6, 6.07) is 0. The van der Waals surface area contributed by atoms with Gasteiger partial charge in [-0.25, -0.2) is 0 Å². The lowest BCUT2D eigenvalue weighted by molar-refractivity contribution is 0.398. The third-order valence-corrected chi connectivity index (χ3v) is 2.63. The Bertz CT molecular complexity index is 59.6. The van der Waals surface area contributed by atoms with Crippen LogP contribution in [0.5, 0.6) is 0 Å². The molecular weight excluding hydrogens is 176 g/mol. The summed E-state index contributed by atoms with van der Waals surface area (Å²) in [6.07, 6.45) is 2.68. The average molecular weight is 193 g/mol. The predicted molar refractivity (Wildman–Crippen MR) is 47.0 cm³/mol. The van der Waals surface area contributed by atoms with Crippen LogP contribution in [0, 0.1) is 11.8 Å². The summed E-state index contributed by atoms with van der Waals surface area (Å²) in [5.74, 6) is 1.72. The van der Waals surface area contributed by atoms with Crippen molar-refractivity contribution >= 4 is 15.9 Å². The van der Waals surface area contributed by atoms with Gasteiger partial charge in [0.25, 0.3) is 0 Å². The van der Waals surface area contributed by atoms with Crippen molar-refractivity contribution in [3.8, 4) is 0 Å². The van der Waals surface area contributed by atoms with Gasteiger partial charge < -0.3 is 0 Å². The van der Waals surface area contributed by atoms with Crippen molar-refractivity contribution in [2.75, 3.05) is 5.33 Å². The highest BCUT2D eigenvalue weighted by Crippen LogP contribution is 2.18. The molecule has 0 nitrogen and oxygen atoms in total. The fourth-order valence-corrected chi connectivity index (χ4v) is 2.03. The number of rotatable bonds is 4. The Hall–Kier alpha value is 0.480. The van der Waals surface area contributed by atoms with E-state index in [1.54, 1.807) is 0 Å². The summed E-state index contributed by atoms with van der Waals surface area (Å²) in [7, 11) is 0. The van der Waals surface area contributed by atoms with Crippen LogP contribution in [-0.4, -0.2) is 5.33 Å². The van der Waals surface area contributed by atoms with Gasteiger partial charge in [-0.2, -0.15) is 0 Å². The first-order valence-electron chi connectivity index (χ1n) is 3.78. The maximum atomic E-state index is 3.52. The van der Waals surface area contributed by atoms with E-state index in [1.807, 2.05) is 0 Å². The Morgan fingerprint density at radius 3 is 2.00 bits per heavy atom. The van der Waals surface area contributed by atoms with Gasteiger partial charge in [-0.3, -0.25) is 0 Å². The fourth-order valence-electron chi connectivity index (χ4n) is 0.959. The van der Waals surface area contributed by atoms with E-state index >= 15 is 0 Å². The zero-order valence-corrected chi connectivity index (χ0v) is 8.24. The molecular formula is C8H17Br. The highest BCUT2D eigenvalue weighted by molar-refractivity contribution is 9.09. The van der Waals surface area contributed by atoms with Gasteiger partial charge in [-0.05, 0) is 18.3 Å². The van der Waals surface area contributed by atoms with Crippen LogP contribution in [0.4, 0.5) is 0 Å². The smallest absolute Gasteiger partial charge is 0.00621 e. The van der Waals surface area contributed by atoms with E-state index in [9.17, 15) is 0 Å². The Morgan fingerprint density at radius 1 is 1.33 bits per heavy atom. The average Bonchev–Trinajstić information content (AvgIpc) is 1.82. The van der Waals surface area contributed by atoms with Gasteiger partial charge in [0, 0.05) is 5.33 Å². The molecule has 0 radical (unpaired) electrons. The molecule has 1 heteroatoms. The first-order valence-corrected chi connectivity index (χ1v) is 4.90. The van der Waals surface area contributed by atoms with Crippen molar-refractivity contribution in [2.45, 2.75) is 33.6 Å². The molecule has 0 aliphatic heterocycles. The third-order valence-electron chi connectivity index (χ3n) is 1.80. The number of hydrogen-bond donors (Lipinski definition) is 0. The highest BCUT2D eigenvalue weighted by atomic mass is 79.9. The quantitative estimate of drug-likeness (QED) is 0.600. The molecule has 56 valence electrons.